The van der Waals surface area contributed by atoms with Crippen LogP contribution in [-0.2, 0) is 14.8 Å². The molecule has 0 aliphatic carbocycles. The van der Waals surface area contributed by atoms with Crippen LogP contribution < -0.4 is 5.32 Å². The molecule has 1 aromatic heterocycles. The molecule has 1 aliphatic heterocycles. The molecule has 0 spiro atoms. The highest BCUT2D eigenvalue weighted by molar-refractivity contribution is 7.89. The molecule has 2 heterocycles. The number of hydrogen-bond donors (Lipinski definition) is 1. The standard InChI is InChI=1S/C17H21N3O4S.ClH/c1-20(12-6-9-18-10-7-12)25(22,23)15-5-3-4-14-13(15)8-11-19-16(14)17(21)24-2;/h3-5,8,11-12,18H,6-7,9-10H2,1-2H3;1H. The molecular weight excluding hydrogens is 378 g/mol. The van der Waals surface area contributed by atoms with Crippen molar-refractivity contribution in [2.45, 2.75) is 23.8 Å². The first kappa shape index (κ1) is 20.6. The molecule has 1 N–H and O–H groups in total. The van der Waals surface area contributed by atoms with Crippen molar-refractivity contribution in [1.82, 2.24) is 14.6 Å². The molecule has 9 heteroatoms. The lowest BCUT2D eigenvalue weighted by atomic mass is 10.1. The number of nitrogens with zero attached hydrogens (tertiary/aromatic N) is 2. The minimum absolute atomic E-state index is 0. The summed E-state index contributed by atoms with van der Waals surface area (Å²) in [6.07, 6.45) is 2.98. The predicted molar refractivity (Wildman–Crippen MR) is 101 cm³/mol. The Kier molecular flexibility index (Phi) is 6.57. The Morgan fingerprint density at radius 3 is 2.58 bits per heavy atom. The van der Waals surface area contributed by atoms with E-state index in [2.05, 4.69) is 10.3 Å². The third-order valence-corrected chi connectivity index (χ3v) is 6.59. The number of nitrogens with one attached hydrogen (secondary N) is 1. The number of esters is 1. The van der Waals surface area contributed by atoms with Gasteiger partial charge >= 0.3 is 5.97 Å². The Morgan fingerprint density at radius 1 is 1.23 bits per heavy atom. The lowest BCUT2D eigenvalue weighted by Crippen LogP contribution is -2.43. The normalized spacial score (nSPS) is 15.7. The second-order valence-electron chi connectivity index (χ2n) is 6.00. The monoisotopic (exact) mass is 399 g/mol. The maximum Gasteiger partial charge on any atom is 0.357 e. The highest BCUT2D eigenvalue weighted by Crippen LogP contribution is 2.28. The van der Waals surface area contributed by atoms with Gasteiger partial charge < -0.3 is 10.1 Å². The maximum absolute atomic E-state index is 13.2. The smallest absolute Gasteiger partial charge is 0.357 e. The summed E-state index contributed by atoms with van der Waals surface area (Å²) in [4.78, 5) is 16.1. The summed E-state index contributed by atoms with van der Waals surface area (Å²) in [5, 5.41) is 4.17. The lowest BCUT2D eigenvalue weighted by Gasteiger charge is -2.31. The van der Waals surface area contributed by atoms with Crippen LogP contribution in [0.15, 0.2) is 35.4 Å². The Balaban J connectivity index is 0.00000243. The number of ether oxygens (including phenoxy) is 1. The predicted octanol–water partition coefficient (Wildman–Crippen LogP) is 1.82. The quantitative estimate of drug-likeness (QED) is 0.789. The highest BCUT2D eigenvalue weighted by Gasteiger charge is 2.30. The van der Waals surface area contributed by atoms with Crippen LogP contribution in [-0.4, -0.2) is 57.0 Å². The van der Waals surface area contributed by atoms with E-state index in [-0.39, 0.29) is 29.0 Å². The summed E-state index contributed by atoms with van der Waals surface area (Å²) in [6, 6.07) is 6.45. The third-order valence-electron chi connectivity index (χ3n) is 4.62. The van der Waals surface area contributed by atoms with Crippen LogP contribution in [0.2, 0.25) is 0 Å². The Morgan fingerprint density at radius 2 is 1.92 bits per heavy atom. The van der Waals surface area contributed by atoms with Crippen molar-refractivity contribution in [3.05, 3.63) is 36.2 Å². The van der Waals surface area contributed by atoms with E-state index in [0.717, 1.165) is 25.9 Å². The number of benzene rings is 1. The van der Waals surface area contributed by atoms with Gasteiger partial charge in [0.05, 0.1) is 12.0 Å². The Labute approximate surface area is 159 Å². The van der Waals surface area contributed by atoms with Crippen molar-refractivity contribution in [3.63, 3.8) is 0 Å². The first-order valence-electron chi connectivity index (χ1n) is 8.11. The van der Waals surface area contributed by atoms with Gasteiger partial charge in [-0.2, -0.15) is 4.31 Å². The van der Waals surface area contributed by atoms with Gasteiger partial charge in [0.2, 0.25) is 10.0 Å². The molecule has 1 saturated heterocycles. The van der Waals surface area contributed by atoms with E-state index in [9.17, 15) is 13.2 Å². The number of carbonyl (C=O) groups is 1. The maximum atomic E-state index is 13.2. The fourth-order valence-corrected chi connectivity index (χ4v) is 4.80. The van der Waals surface area contributed by atoms with Gasteiger partial charge in [-0.3, -0.25) is 0 Å². The van der Waals surface area contributed by atoms with Crippen LogP contribution in [0, 0.1) is 0 Å². The molecule has 1 aromatic carbocycles. The van der Waals surface area contributed by atoms with Gasteiger partial charge in [-0.05, 0) is 38.1 Å². The van der Waals surface area contributed by atoms with Crippen molar-refractivity contribution in [1.29, 1.82) is 0 Å². The lowest BCUT2D eigenvalue weighted by molar-refractivity contribution is 0.0596. The number of hydrogen-bond acceptors (Lipinski definition) is 6. The molecule has 0 radical (unpaired) electrons. The highest BCUT2D eigenvalue weighted by atomic mass is 35.5. The second kappa shape index (κ2) is 8.30. The molecule has 0 atom stereocenters. The summed E-state index contributed by atoms with van der Waals surface area (Å²) < 4.78 is 32.5. The zero-order valence-electron chi connectivity index (χ0n) is 14.6. The summed E-state index contributed by atoms with van der Waals surface area (Å²) in [5.74, 6) is -0.591. The number of methoxy groups -OCH3 is 1. The minimum Gasteiger partial charge on any atom is -0.464 e. The molecule has 0 bridgehead atoms. The first-order valence-corrected chi connectivity index (χ1v) is 9.55. The van der Waals surface area contributed by atoms with Crippen molar-refractivity contribution in [3.8, 4) is 0 Å². The fraction of sp³-hybridized carbons (Fsp3) is 0.412. The number of rotatable bonds is 4. The SMILES string of the molecule is COC(=O)c1nccc2c(S(=O)(=O)N(C)C3CCNCC3)cccc12.Cl. The first-order chi connectivity index (χ1) is 12.0. The summed E-state index contributed by atoms with van der Waals surface area (Å²) in [5.41, 5.74) is 0.113. The van der Waals surface area contributed by atoms with Crippen LogP contribution in [0.3, 0.4) is 0 Å². The van der Waals surface area contributed by atoms with Gasteiger partial charge in [-0.25, -0.2) is 18.2 Å². The van der Waals surface area contributed by atoms with Crippen LogP contribution >= 0.6 is 12.4 Å². The van der Waals surface area contributed by atoms with Crippen LogP contribution in [0.25, 0.3) is 10.8 Å². The molecule has 7 nitrogen and oxygen atoms in total. The molecular formula is C17H22ClN3O4S. The van der Waals surface area contributed by atoms with E-state index >= 15 is 0 Å². The number of halogens is 1. The van der Waals surface area contributed by atoms with E-state index in [1.165, 1.54) is 17.6 Å². The molecule has 142 valence electrons. The molecule has 1 aliphatic rings. The summed E-state index contributed by atoms with van der Waals surface area (Å²) >= 11 is 0. The summed E-state index contributed by atoms with van der Waals surface area (Å²) in [7, 11) is -0.799. The number of carbonyl (C=O) groups excluding carboxylic acids is 1. The van der Waals surface area contributed by atoms with E-state index < -0.39 is 16.0 Å². The van der Waals surface area contributed by atoms with E-state index in [1.807, 2.05) is 0 Å². The average molecular weight is 400 g/mol. The molecule has 1 fully saturated rings. The molecule has 0 saturated carbocycles. The van der Waals surface area contributed by atoms with Gasteiger partial charge in [-0.15, -0.1) is 12.4 Å². The van der Waals surface area contributed by atoms with Crippen LogP contribution in [0.1, 0.15) is 23.3 Å². The Bertz CT molecular complexity index is 898. The topological polar surface area (TPSA) is 88.6 Å². The van der Waals surface area contributed by atoms with Gasteiger partial charge in [0.1, 0.15) is 0 Å². The fourth-order valence-electron chi connectivity index (χ4n) is 3.18. The van der Waals surface area contributed by atoms with Crippen LogP contribution in [0.4, 0.5) is 0 Å². The van der Waals surface area contributed by atoms with Gasteiger partial charge in [0.15, 0.2) is 5.69 Å². The number of fused-ring (bicyclic) bond motifs is 1. The van der Waals surface area contributed by atoms with Gasteiger partial charge in [0, 0.05) is 30.1 Å². The second-order valence-corrected chi connectivity index (χ2v) is 7.97. The zero-order valence-corrected chi connectivity index (χ0v) is 16.3. The van der Waals surface area contributed by atoms with Crippen molar-refractivity contribution >= 4 is 39.2 Å². The number of pyridine rings is 1. The van der Waals surface area contributed by atoms with Gasteiger partial charge in [0.25, 0.3) is 0 Å². The average Bonchev–Trinajstić information content (AvgIpc) is 2.66. The minimum atomic E-state index is -3.69. The van der Waals surface area contributed by atoms with E-state index in [1.54, 1.807) is 31.3 Å². The molecule has 0 unspecified atom stereocenters. The molecule has 0 amide bonds. The van der Waals surface area contributed by atoms with E-state index in [4.69, 9.17) is 4.74 Å². The van der Waals surface area contributed by atoms with Gasteiger partial charge in [-0.1, -0.05) is 12.1 Å². The molecule has 2 aromatic rings. The van der Waals surface area contributed by atoms with E-state index in [0.29, 0.717) is 10.8 Å². The number of aromatic nitrogens is 1. The zero-order chi connectivity index (χ0) is 18.0. The number of piperidine rings is 1. The largest absolute Gasteiger partial charge is 0.464 e. The summed E-state index contributed by atoms with van der Waals surface area (Å²) in [6.45, 7) is 1.60. The third kappa shape index (κ3) is 3.68. The van der Waals surface area contributed by atoms with Crippen LogP contribution in [0.5, 0.6) is 0 Å². The number of sulfonamides is 1. The van der Waals surface area contributed by atoms with Crippen molar-refractivity contribution < 1.29 is 17.9 Å². The Hall–Kier alpha value is -1.74. The molecule has 26 heavy (non-hydrogen) atoms. The molecule has 3 rings (SSSR count). The van der Waals surface area contributed by atoms with Crippen molar-refractivity contribution in [2.75, 3.05) is 27.2 Å². The van der Waals surface area contributed by atoms with Crippen molar-refractivity contribution in [2.24, 2.45) is 0 Å².